The highest BCUT2D eigenvalue weighted by atomic mass is 19.1. The summed E-state index contributed by atoms with van der Waals surface area (Å²) in [6.07, 6.45) is 11.8. The number of aryl methyl sites for hydroxylation is 2. The summed E-state index contributed by atoms with van der Waals surface area (Å²) in [6, 6.07) is 8.86. The van der Waals surface area contributed by atoms with Gasteiger partial charge in [0.15, 0.2) is 0 Å². The van der Waals surface area contributed by atoms with Crippen LogP contribution in [0.5, 0.6) is 0 Å². The molecule has 0 unspecified atom stereocenters. The first-order valence-corrected chi connectivity index (χ1v) is 8.63. The van der Waals surface area contributed by atoms with Crippen molar-refractivity contribution < 1.29 is 9.13 Å². The average molecular weight is 304 g/mol. The predicted octanol–water partition coefficient (Wildman–Crippen LogP) is 5.49. The van der Waals surface area contributed by atoms with Crippen LogP contribution in [0.1, 0.15) is 49.7 Å². The maximum absolute atomic E-state index is 11.9. The molecule has 1 aromatic carbocycles. The van der Waals surface area contributed by atoms with Crippen LogP contribution in [0.15, 0.2) is 36.7 Å². The minimum absolute atomic E-state index is 0.635. The van der Waals surface area contributed by atoms with Gasteiger partial charge in [-0.05, 0) is 61.5 Å². The van der Waals surface area contributed by atoms with Crippen molar-refractivity contribution in [2.24, 2.45) is 11.8 Å². The number of rotatable bonds is 8. The van der Waals surface area contributed by atoms with E-state index in [1.54, 1.807) is 6.08 Å². The fourth-order valence-electron chi connectivity index (χ4n) is 3.48. The number of allylic oxidation sites excluding steroid dienone is 1. The Morgan fingerprint density at radius 3 is 2.18 bits per heavy atom. The van der Waals surface area contributed by atoms with Gasteiger partial charge in [-0.3, -0.25) is 0 Å². The predicted molar refractivity (Wildman–Crippen MR) is 90.7 cm³/mol. The van der Waals surface area contributed by atoms with Crippen LogP contribution in [-0.4, -0.2) is 13.7 Å². The van der Waals surface area contributed by atoms with Crippen molar-refractivity contribution in [2.45, 2.75) is 51.4 Å². The molecule has 0 bridgehead atoms. The van der Waals surface area contributed by atoms with Crippen LogP contribution in [0.4, 0.5) is 4.39 Å². The van der Waals surface area contributed by atoms with Gasteiger partial charge in [0.05, 0.1) is 6.33 Å². The summed E-state index contributed by atoms with van der Waals surface area (Å²) in [5.41, 5.74) is 2.73. The van der Waals surface area contributed by atoms with Crippen molar-refractivity contribution in [3.63, 3.8) is 0 Å². The molecule has 0 amide bonds. The molecule has 1 saturated carbocycles. The Bertz CT molecular complexity index is 430. The summed E-state index contributed by atoms with van der Waals surface area (Å²) in [6.45, 7) is 0.936. The largest absolute Gasteiger partial charge is 0.384 e. The lowest BCUT2D eigenvalue weighted by atomic mass is 9.80. The van der Waals surface area contributed by atoms with Crippen LogP contribution >= 0.6 is 0 Å². The van der Waals surface area contributed by atoms with Gasteiger partial charge in [0, 0.05) is 13.7 Å². The molecule has 0 N–H and O–H groups in total. The van der Waals surface area contributed by atoms with E-state index in [-0.39, 0.29) is 0 Å². The fourth-order valence-corrected chi connectivity index (χ4v) is 3.48. The van der Waals surface area contributed by atoms with Gasteiger partial charge in [-0.15, -0.1) is 0 Å². The summed E-state index contributed by atoms with van der Waals surface area (Å²) in [5, 5.41) is 0. The zero-order valence-electron chi connectivity index (χ0n) is 13.8. The molecule has 0 atom stereocenters. The van der Waals surface area contributed by atoms with Gasteiger partial charge in [-0.1, -0.05) is 43.2 Å². The highest BCUT2D eigenvalue weighted by Crippen LogP contribution is 2.31. The van der Waals surface area contributed by atoms with E-state index in [4.69, 9.17) is 4.74 Å². The zero-order valence-corrected chi connectivity index (χ0v) is 13.8. The Labute approximate surface area is 134 Å². The highest BCUT2D eigenvalue weighted by molar-refractivity contribution is 5.23. The van der Waals surface area contributed by atoms with Crippen LogP contribution in [0.3, 0.4) is 0 Å². The number of ether oxygens (including phenoxy) is 1. The number of hydrogen-bond acceptors (Lipinski definition) is 1. The third-order valence-electron chi connectivity index (χ3n) is 4.92. The Morgan fingerprint density at radius 2 is 1.59 bits per heavy atom. The lowest BCUT2D eigenvalue weighted by molar-refractivity contribution is 0.117. The normalized spacial score (nSPS) is 22.3. The summed E-state index contributed by atoms with van der Waals surface area (Å²) in [4.78, 5) is 0. The molecule has 1 fully saturated rings. The van der Waals surface area contributed by atoms with E-state index >= 15 is 0 Å². The molecule has 1 aliphatic carbocycles. The van der Waals surface area contributed by atoms with Gasteiger partial charge in [0.25, 0.3) is 0 Å². The minimum Gasteiger partial charge on any atom is -0.384 e. The number of methoxy groups -OCH3 is 1. The van der Waals surface area contributed by atoms with E-state index in [9.17, 15) is 4.39 Å². The van der Waals surface area contributed by atoms with Crippen LogP contribution in [0, 0.1) is 11.8 Å². The monoisotopic (exact) mass is 304 g/mol. The van der Waals surface area contributed by atoms with Crippen LogP contribution in [0.25, 0.3) is 0 Å². The Morgan fingerprint density at radius 1 is 1.00 bits per heavy atom. The lowest BCUT2D eigenvalue weighted by Crippen LogP contribution is -2.18. The van der Waals surface area contributed by atoms with E-state index < -0.39 is 0 Å². The summed E-state index contributed by atoms with van der Waals surface area (Å²) in [5.74, 6) is 1.68. The molecule has 1 aliphatic rings. The quantitative estimate of drug-likeness (QED) is 0.617. The second kappa shape index (κ2) is 9.78. The van der Waals surface area contributed by atoms with E-state index in [0.29, 0.717) is 6.33 Å². The summed E-state index contributed by atoms with van der Waals surface area (Å²) < 4.78 is 17.2. The standard InChI is InChI=1S/C20H29FO/c1-22-16-20-13-11-19(12-14-20)10-9-18-7-5-17(6-8-18)4-2-3-15-21/h3,5-8,15,19-20H,2,4,9-14,16H2,1H3/t19-,20-. The number of benzene rings is 1. The molecular weight excluding hydrogens is 275 g/mol. The summed E-state index contributed by atoms with van der Waals surface area (Å²) in [7, 11) is 1.81. The maximum Gasteiger partial charge on any atom is 0.0827 e. The molecule has 122 valence electrons. The molecule has 1 nitrogen and oxygen atoms in total. The Balaban J connectivity index is 1.69. The second-order valence-electron chi connectivity index (χ2n) is 6.60. The third kappa shape index (κ3) is 5.92. The molecule has 0 saturated heterocycles. The first-order chi connectivity index (χ1) is 10.8. The molecule has 2 rings (SSSR count). The first-order valence-electron chi connectivity index (χ1n) is 8.63. The molecular formula is C20H29FO. The summed E-state index contributed by atoms with van der Waals surface area (Å²) >= 11 is 0. The van der Waals surface area contributed by atoms with Gasteiger partial charge in [-0.25, -0.2) is 4.39 Å². The topological polar surface area (TPSA) is 9.23 Å². The van der Waals surface area contributed by atoms with E-state index in [0.717, 1.165) is 31.3 Å². The molecule has 0 radical (unpaired) electrons. The van der Waals surface area contributed by atoms with Gasteiger partial charge in [0.1, 0.15) is 0 Å². The van der Waals surface area contributed by atoms with Crippen LogP contribution in [0.2, 0.25) is 0 Å². The first kappa shape index (κ1) is 17.2. The number of halogens is 1. The maximum atomic E-state index is 11.9. The third-order valence-corrected chi connectivity index (χ3v) is 4.92. The van der Waals surface area contributed by atoms with Crippen molar-refractivity contribution in [3.05, 3.63) is 47.8 Å². The average Bonchev–Trinajstić information content (AvgIpc) is 2.56. The van der Waals surface area contributed by atoms with E-state index in [1.807, 2.05) is 7.11 Å². The van der Waals surface area contributed by atoms with Gasteiger partial charge >= 0.3 is 0 Å². The SMILES string of the molecule is COC[C@H]1CC[C@H](CCc2ccc(CCC=CF)cc2)CC1. The molecule has 2 heteroatoms. The van der Waals surface area contributed by atoms with E-state index in [1.165, 1.54) is 49.7 Å². The molecule has 0 spiro atoms. The fraction of sp³-hybridized carbons (Fsp3) is 0.600. The Kier molecular flexibility index (Phi) is 7.65. The second-order valence-corrected chi connectivity index (χ2v) is 6.60. The van der Waals surface area contributed by atoms with Gasteiger partial charge in [-0.2, -0.15) is 0 Å². The van der Waals surface area contributed by atoms with Crippen molar-refractivity contribution in [1.82, 2.24) is 0 Å². The van der Waals surface area contributed by atoms with Crippen molar-refractivity contribution >= 4 is 0 Å². The minimum atomic E-state index is 0.635. The van der Waals surface area contributed by atoms with Crippen molar-refractivity contribution in [1.29, 1.82) is 0 Å². The Hall–Kier alpha value is -1.15. The molecule has 0 heterocycles. The van der Waals surface area contributed by atoms with Gasteiger partial charge in [0.2, 0.25) is 0 Å². The van der Waals surface area contributed by atoms with Crippen LogP contribution in [-0.2, 0) is 17.6 Å². The molecule has 22 heavy (non-hydrogen) atoms. The van der Waals surface area contributed by atoms with Crippen molar-refractivity contribution in [3.8, 4) is 0 Å². The van der Waals surface area contributed by atoms with E-state index in [2.05, 4.69) is 24.3 Å². The molecule has 1 aromatic rings. The highest BCUT2D eigenvalue weighted by Gasteiger charge is 2.20. The van der Waals surface area contributed by atoms with Crippen LogP contribution < -0.4 is 0 Å². The molecule has 0 aromatic heterocycles. The lowest BCUT2D eigenvalue weighted by Gasteiger charge is -2.28. The van der Waals surface area contributed by atoms with Crippen molar-refractivity contribution in [2.75, 3.05) is 13.7 Å². The zero-order chi connectivity index (χ0) is 15.6. The van der Waals surface area contributed by atoms with Gasteiger partial charge < -0.3 is 4.74 Å². The smallest absolute Gasteiger partial charge is 0.0827 e. The molecule has 0 aliphatic heterocycles. The number of hydrogen-bond donors (Lipinski definition) is 0.